The second kappa shape index (κ2) is 12.3. The average Bonchev–Trinajstić information content (AvgIpc) is 2.98. The highest BCUT2D eigenvalue weighted by Crippen LogP contribution is 2.46. The largest absolute Gasteiger partial charge is 0.508 e. The van der Waals surface area contributed by atoms with Crippen LogP contribution < -0.4 is 9.47 Å². The van der Waals surface area contributed by atoms with Crippen molar-refractivity contribution in [3.05, 3.63) is 47.2 Å². The molecule has 3 aliphatic heterocycles. The van der Waals surface area contributed by atoms with Crippen molar-refractivity contribution in [1.82, 2.24) is 0 Å². The molecule has 0 saturated carbocycles. The number of ether oxygens (including phenoxy) is 5. The lowest BCUT2D eigenvalue weighted by Gasteiger charge is -2.41. The van der Waals surface area contributed by atoms with Gasteiger partial charge in [-0.3, -0.25) is 0 Å². The van der Waals surface area contributed by atoms with Gasteiger partial charge in [-0.25, -0.2) is 0 Å². The summed E-state index contributed by atoms with van der Waals surface area (Å²) < 4.78 is 28.6. The quantitative estimate of drug-likeness (QED) is 0.142. The Hall–Kier alpha value is -3.42. The molecular weight excluding hydrogens is 580 g/mol. The molecule has 2 saturated heterocycles. The minimum atomic E-state index is -1.81. The molecule has 1 unspecified atom stereocenters. The molecule has 0 radical (unpaired) electrons. The van der Waals surface area contributed by atoms with Crippen LogP contribution in [0.2, 0.25) is 0 Å². The van der Waals surface area contributed by atoms with Gasteiger partial charge in [0, 0.05) is 17.7 Å². The first-order valence-electron chi connectivity index (χ1n) is 13.1. The van der Waals surface area contributed by atoms with E-state index in [0.717, 1.165) is 12.1 Å². The predicted octanol–water partition coefficient (Wildman–Crippen LogP) is -2.73. The third-order valence-corrected chi connectivity index (χ3v) is 7.37. The first-order chi connectivity index (χ1) is 20.4. The number of aliphatic hydroxyl groups excluding tert-OH is 8. The fourth-order valence-corrected chi connectivity index (χ4v) is 4.95. The summed E-state index contributed by atoms with van der Waals surface area (Å²) in [5.74, 6) is -1.70. The molecule has 11 atom stereocenters. The average molecular weight is 613 g/mol. The second-order valence-corrected chi connectivity index (χ2v) is 10.3. The monoisotopic (exact) mass is 612 g/mol. The summed E-state index contributed by atoms with van der Waals surface area (Å²) in [6, 6.07) is 6.01. The Morgan fingerprint density at radius 2 is 1.23 bits per heavy atom. The Morgan fingerprint density at radius 1 is 0.651 bits per heavy atom. The van der Waals surface area contributed by atoms with Crippen molar-refractivity contribution in [3.63, 3.8) is 0 Å². The first kappa shape index (κ1) is 31.0. The van der Waals surface area contributed by atoms with Crippen LogP contribution in [0.4, 0.5) is 0 Å². The third kappa shape index (κ3) is 5.89. The number of phenolic OH excluding ortho intramolecular Hbond substituents is 3. The van der Waals surface area contributed by atoms with Crippen LogP contribution in [0, 0.1) is 0 Å². The molecule has 11 N–H and O–H groups in total. The number of aromatic hydroxyl groups is 3. The van der Waals surface area contributed by atoms with Gasteiger partial charge in [-0.15, -0.1) is 0 Å². The SMILES string of the molecule is OC[C@H]1O[C@@H](OC2=Cc3c(cc(O)cc3O[C@@H]3O[C@H](CO)[C@@H](O)[C@H](O)[C@H]3O)OC2c2ccc(O)c(O)c2)[C@H](O)[C@@H](O)[C@@H]1O. The third-order valence-electron chi connectivity index (χ3n) is 7.37. The summed E-state index contributed by atoms with van der Waals surface area (Å²) in [4.78, 5) is 0. The van der Waals surface area contributed by atoms with E-state index in [1.54, 1.807) is 0 Å². The van der Waals surface area contributed by atoms with Crippen LogP contribution in [0.25, 0.3) is 6.08 Å². The number of hydrogen-bond donors (Lipinski definition) is 11. The Balaban J connectivity index is 1.54. The predicted molar refractivity (Wildman–Crippen MR) is 138 cm³/mol. The molecule has 2 aromatic rings. The van der Waals surface area contributed by atoms with Crippen LogP contribution in [0.1, 0.15) is 17.2 Å². The van der Waals surface area contributed by atoms with Gasteiger partial charge in [0.1, 0.15) is 71.8 Å². The van der Waals surface area contributed by atoms with Gasteiger partial charge in [-0.05, 0) is 18.2 Å². The summed E-state index contributed by atoms with van der Waals surface area (Å²) in [5, 5.41) is 111. The summed E-state index contributed by atoms with van der Waals surface area (Å²) in [7, 11) is 0. The van der Waals surface area contributed by atoms with Crippen molar-refractivity contribution in [3.8, 4) is 28.7 Å². The van der Waals surface area contributed by atoms with Crippen LogP contribution >= 0.6 is 0 Å². The van der Waals surface area contributed by atoms with Gasteiger partial charge in [0.05, 0.1) is 18.8 Å². The van der Waals surface area contributed by atoms with Gasteiger partial charge in [0.25, 0.3) is 0 Å². The van der Waals surface area contributed by atoms with E-state index in [1.807, 2.05) is 0 Å². The first-order valence-corrected chi connectivity index (χ1v) is 13.1. The molecule has 3 heterocycles. The molecule has 16 heteroatoms. The Bertz CT molecular complexity index is 1330. The summed E-state index contributed by atoms with van der Waals surface area (Å²) >= 11 is 0. The van der Waals surface area contributed by atoms with E-state index >= 15 is 0 Å². The fourth-order valence-electron chi connectivity index (χ4n) is 4.95. The maximum absolute atomic E-state index is 10.6. The van der Waals surface area contributed by atoms with Crippen LogP contribution in [-0.4, -0.2) is 131 Å². The van der Waals surface area contributed by atoms with E-state index < -0.39 is 92.2 Å². The van der Waals surface area contributed by atoms with Gasteiger partial charge >= 0.3 is 0 Å². The minimum absolute atomic E-state index is 0.0293. The van der Waals surface area contributed by atoms with Crippen molar-refractivity contribution in [2.75, 3.05) is 13.2 Å². The molecule has 43 heavy (non-hydrogen) atoms. The van der Waals surface area contributed by atoms with E-state index in [1.165, 1.54) is 24.3 Å². The summed E-state index contributed by atoms with van der Waals surface area (Å²) in [6.45, 7) is -1.45. The van der Waals surface area contributed by atoms with Crippen molar-refractivity contribution < 1.29 is 79.9 Å². The van der Waals surface area contributed by atoms with Crippen molar-refractivity contribution in [1.29, 1.82) is 0 Å². The van der Waals surface area contributed by atoms with Crippen molar-refractivity contribution in [2.24, 2.45) is 0 Å². The zero-order valence-electron chi connectivity index (χ0n) is 22.2. The fraction of sp³-hybridized carbons (Fsp3) is 0.481. The zero-order valence-corrected chi connectivity index (χ0v) is 22.2. The number of benzene rings is 2. The molecule has 16 nitrogen and oxygen atoms in total. The van der Waals surface area contributed by atoms with Gasteiger partial charge < -0.3 is 79.9 Å². The maximum atomic E-state index is 10.6. The molecule has 0 bridgehead atoms. The van der Waals surface area contributed by atoms with Crippen molar-refractivity contribution in [2.45, 2.75) is 67.5 Å². The highest BCUT2D eigenvalue weighted by Gasteiger charge is 2.47. The van der Waals surface area contributed by atoms with Gasteiger partial charge in [-0.1, -0.05) is 6.07 Å². The van der Waals surface area contributed by atoms with E-state index in [2.05, 4.69) is 0 Å². The second-order valence-electron chi connectivity index (χ2n) is 10.3. The molecule has 2 aromatic carbocycles. The molecule has 0 aromatic heterocycles. The lowest BCUT2D eigenvalue weighted by atomic mass is 9.98. The van der Waals surface area contributed by atoms with Gasteiger partial charge in [0.15, 0.2) is 17.6 Å². The topological polar surface area (TPSA) is 269 Å². The highest BCUT2D eigenvalue weighted by atomic mass is 16.7. The van der Waals surface area contributed by atoms with E-state index in [-0.39, 0.29) is 34.1 Å². The molecule has 2 fully saturated rings. The number of hydrogen-bond acceptors (Lipinski definition) is 16. The normalized spacial score (nSPS) is 35.8. The lowest BCUT2D eigenvalue weighted by Crippen LogP contribution is -2.60. The Labute approximate surface area is 243 Å². The molecule has 5 rings (SSSR count). The molecule has 0 amide bonds. The molecular formula is C27H32O16. The van der Waals surface area contributed by atoms with E-state index in [0.29, 0.717) is 0 Å². The van der Waals surface area contributed by atoms with Gasteiger partial charge in [0.2, 0.25) is 12.6 Å². The molecule has 3 aliphatic rings. The summed E-state index contributed by atoms with van der Waals surface area (Å²) in [6.07, 6.45) is -16.3. The van der Waals surface area contributed by atoms with E-state index in [4.69, 9.17) is 23.7 Å². The summed E-state index contributed by atoms with van der Waals surface area (Å²) in [5.41, 5.74) is 0.269. The van der Waals surface area contributed by atoms with Crippen LogP contribution in [-0.2, 0) is 14.2 Å². The smallest absolute Gasteiger partial charge is 0.229 e. The standard InChI is InChI=1S/C27H32O16/c28-7-17-19(33)21(35)23(37)26(42-17)40-15-5-10(30)4-14-11(15)6-16(25(39-14)9-1-2-12(31)13(32)3-9)41-27-24(38)22(36)20(34)18(8-29)43-27/h1-6,17-38H,7-8H2/t17-,18-,19-,20-,21+,22+,23-,24-,25?,26-,27-/m1/s1. The number of rotatable bonds is 7. The van der Waals surface area contributed by atoms with Crippen LogP contribution in [0.5, 0.6) is 28.7 Å². The lowest BCUT2D eigenvalue weighted by molar-refractivity contribution is -0.293. The van der Waals surface area contributed by atoms with Crippen molar-refractivity contribution >= 4 is 6.08 Å². The molecule has 0 aliphatic carbocycles. The zero-order chi connectivity index (χ0) is 31.2. The number of fused-ring (bicyclic) bond motifs is 1. The number of phenols is 3. The van der Waals surface area contributed by atoms with Gasteiger partial charge in [-0.2, -0.15) is 0 Å². The number of aliphatic hydroxyl groups is 8. The minimum Gasteiger partial charge on any atom is -0.508 e. The highest BCUT2D eigenvalue weighted by molar-refractivity contribution is 5.70. The van der Waals surface area contributed by atoms with E-state index in [9.17, 15) is 56.2 Å². The Kier molecular flexibility index (Phi) is 8.87. The molecule has 0 spiro atoms. The van der Waals surface area contributed by atoms with Crippen LogP contribution in [0.3, 0.4) is 0 Å². The van der Waals surface area contributed by atoms with Crippen LogP contribution in [0.15, 0.2) is 36.1 Å². The molecule has 236 valence electrons. The Morgan fingerprint density at radius 3 is 1.79 bits per heavy atom. The maximum Gasteiger partial charge on any atom is 0.229 e.